The Morgan fingerprint density at radius 3 is 2.50 bits per heavy atom. The van der Waals surface area contributed by atoms with Gasteiger partial charge in [-0.3, -0.25) is 0 Å². The van der Waals surface area contributed by atoms with Gasteiger partial charge in [-0.1, -0.05) is 32.9 Å². The van der Waals surface area contributed by atoms with E-state index in [1.165, 1.54) is 25.7 Å². The molecule has 0 spiro atoms. The van der Waals surface area contributed by atoms with E-state index < -0.39 is 0 Å². The summed E-state index contributed by atoms with van der Waals surface area (Å²) in [5, 5.41) is 0. The molecule has 4 bridgehead atoms. The Kier molecular flexibility index (Phi) is 1.47. The molecule has 0 saturated heterocycles. The summed E-state index contributed by atoms with van der Waals surface area (Å²) in [4.78, 5) is 0. The van der Waals surface area contributed by atoms with Crippen molar-refractivity contribution in [3.63, 3.8) is 0 Å². The number of rotatable bonds is 0. The molecule has 0 aromatic rings. The molecular formula is C14H22. The molecule has 3 saturated carbocycles. The zero-order valence-electron chi connectivity index (χ0n) is 9.77. The van der Waals surface area contributed by atoms with E-state index in [4.69, 9.17) is 0 Å². The van der Waals surface area contributed by atoms with Crippen LogP contribution in [0.1, 0.15) is 46.5 Å². The molecule has 0 heterocycles. The van der Waals surface area contributed by atoms with Crippen LogP contribution in [0.25, 0.3) is 0 Å². The summed E-state index contributed by atoms with van der Waals surface area (Å²) in [6.45, 7) is 11.9. The summed E-state index contributed by atoms with van der Waals surface area (Å²) in [6, 6.07) is 0. The highest BCUT2D eigenvalue weighted by molar-refractivity contribution is 5.30. The first-order valence-corrected chi connectivity index (χ1v) is 6.16. The number of allylic oxidation sites excluding steroid dienone is 1. The maximum atomic E-state index is 4.42. The fourth-order valence-corrected chi connectivity index (χ4v) is 4.95. The molecule has 0 aliphatic heterocycles. The van der Waals surface area contributed by atoms with Gasteiger partial charge in [-0.25, -0.2) is 0 Å². The fourth-order valence-electron chi connectivity index (χ4n) is 4.95. The van der Waals surface area contributed by atoms with Crippen molar-refractivity contribution in [2.75, 3.05) is 0 Å². The second-order valence-electron chi connectivity index (χ2n) is 6.75. The zero-order chi connectivity index (χ0) is 10.1. The first kappa shape index (κ1) is 9.00. The van der Waals surface area contributed by atoms with E-state index in [1.54, 1.807) is 5.57 Å². The van der Waals surface area contributed by atoms with E-state index >= 15 is 0 Å². The van der Waals surface area contributed by atoms with Gasteiger partial charge in [-0.2, -0.15) is 0 Å². The second kappa shape index (κ2) is 2.28. The minimum absolute atomic E-state index is 0.531. The summed E-state index contributed by atoms with van der Waals surface area (Å²) in [5.41, 5.74) is 2.73. The van der Waals surface area contributed by atoms with Crippen LogP contribution in [0.2, 0.25) is 0 Å². The summed E-state index contributed by atoms with van der Waals surface area (Å²) in [7, 11) is 0. The van der Waals surface area contributed by atoms with Crippen LogP contribution in [0.4, 0.5) is 0 Å². The molecule has 78 valence electrons. The van der Waals surface area contributed by atoms with Crippen LogP contribution in [0.15, 0.2) is 12.2 Å². The van der Waals surface area contributed by atoms with E-state index in [0.717, 1.165) is 17.8 Å². The summed E-state index contributed by atoms with van der Waals surface area (Å²) in [5.74, 6) is 2.82. The van der Waals surface area contributed by atoms with Gasteiger partial charge in [0.05, 0.1) is 0 Å². The molecule has 0 N–H and O–H groups in total. The van der Waals surface area contributed by atoms with Crippen molar-refractivity contribution in [1.82, 2.24) is 0 Å². The normalized spacial score (nSPS) is 53.9. The average molecular weight is 190 g/mol. The lowest BCUT2D eigenvalue weighted by Crippen LogP contribution is -2.38. The van der Waals surface area contributed by atoms with Crippen LogP contribution < -0.4 is 0 Å². The third kappa shape index (κ3) is 0.777. The van der Waals surface area contributed by atoms with Gasteiger partial charge in [0.25, 0.3) is 0 Å². The zero-order valence-corrected chi connectivity index (χ0v) is 9.77. The fraction of sp³-hybridized carbons (Fsp3) is 0.857. The number of hydrogen-bond acceptors (Lipinski definition) is 0. The van der Waals surface area contributed by atoms with Crippen molar-refractivity contribution in [1.29, 1.82) is 0 Å². The van der Waals surface area contributed by atoms with Crippen molar-refractivity contribution in [2.24, 2.45) is 28.6 Å². The molecule has 0 radical (unpaired) electrons. The Labute approximate surface area is 87.8 Å². The quantitative estimate of drug-likeness (QED) is 0.506. The largest absolute Gasteiger partial charge is 0.0990 e. The van der Waals surface area contributed by atoms with Gasteiger partial charge in [0, 0.05) is 0 Å². The summed E-state index contributed by atoms with van der Waals surface area (Å²) < 4.78 is 0. The van der Waals surface area contributed by atoms with Gasteiger partial charge < -0.3 is 0 Å². The molecule has 4 atom stereocenters. The predicted molar refractivity (Wildman–Crippen MR) is 60.0 cm³/mol. The Balaban J connectivity index is 2.11. The van der Waals surface area contributed by atoms with Crippen molar-refractivity contribution in [3.05, 3.63) is 12.2 Å². The Morgan fingerprint density at radius 2 is 1.86 bits per heavy atom. The van der Waals surface area contributed by atoms with Crippen LogP contribution in [-0.2, 0) is 0 Å². The highest BCUT2D eigenvalue weighted by Gasteiger charge is 2.63. The van der Waals surface area contributed by atoms with Crippen molar-refractivity contribution in [3.8, 4) is 0 Å². The molecule has 3 fully saturated rings. The van der Waals surface area contributed by atoms with Gasteiger partial charge >= 0.3 is 0 Å². The molecule has 3 rings (SSSR count). The van der Waals surface area contributed by atoms with Crippen LogP contribution >= 0.6 is 0 Å². The van der Waals surface area contributed by atoms with Gasteiger partial charge in [0.2, 0.25) is 0 Å². The van der Waals surface area contributed by atoms with E-state index in [9.17, 15) is 0 Å². The minimum Gasteiger partial charge on any atom is -0.0990 e. The van der Waals surface area contributed by atoms with Crippen LogP contribution in [0, 0.1) is 28.6 Å². The highest BCUT2D eigenvalue weighted by atomic mass is 14.7. The molecule has 0 aromatic heterocycles. The van der Waals surface area contributed by atoms with Gasteiger partial charge in [0.15, 0.2) is 0 Å². The SMILES string of the molecule is C=C1[C@@H]2CCC3[C@H]2C(C)(C)CC[C@]13C. The first-order valence-electron chi connectivity index (χ1n) is 6.16. The van der Waals surface area contributed by atoms with Crippen molar-refractivity contribution in [2.45, 2.75) is 46.5 Å². The number of hydrogen-bond donors (Lipinski definition) is 0. The van der Waals surface area contributed by atoms with E-state index in [-0.39, 0.29) is 0 Å². The van der Waals surface area contributed by atoms with Gasteiger partial charge in [-0.05, 0) is 54.3 Å². The molecule has 14 heavy (non-hydrogen) atoms. The average Bonchev–Trinajstić information content (AvgIpc) is 2.61. The molecule has 0 nitrogen and oxygen atoms in total. The van der Waals surface area contributed by atoms with E-state index in [1.807, 2.05) is 0 Å². The van der Waals surface area contributed by atoms with Gasteiger partial charge in [-0.15, -0.1) is 0 Å². The van der Waals surface area contributed by atoms with Crippen LogP contribution in [0.5, 0.6) is 0 Å². The summed E-state index contributed by atoms with van der Waals surface area (Å²) >= 11 is 0. The maximum absolute atomic E-state index is 4.42. The Morgan fingerprint density at radius 1 is 1.14 bits per heavy atom. The first-order chi connectivity index (χ1) is 6.47. The highest BCUT2D eigenvalue weighted by Crippen LogP contribution is 2.71. The monoisotopic (exact) mass is 190 g/mol. The predicted octanol–water partition coefficient (Wildman–Crippen LogP) is 4.02. The Hall–Kier alpha value is -0.260. The molecule has 0 heteroatoms. The smallest absolute Gasteiger partial charge is 0.00847 e. The molecule has 0 aromatic carbocycles. The molecular weight excluding hydrogens is 168 g/mol. The summed E-state index contributed by atoms with van der Waals surface area (Å²) in [6.07, 6.45) is 5.73. The lowest BCUT2D eigenvalue weighted by molar-refractivity contribution is 0.0461. The molecule has 3 aliphatic rings. The van der Waals surface area contributed by atoms with Crippen molar-refractivity contribution >= 4 is 0 Å². The maximum Gasteiger partial charge on any atom is -0.00847 e. The molecule has 1 unspecified atom stereocenters. The molecule has 0 amide bonds. The van der Waals surface area contributed by atoms with Gasteiger partial charge in [0.1, 0.15) is 0 Å². The third-order valence-corrected chi connectivity index (χ3v) is 5.85. The van der Waals surface area contributed by atoms with E-state index in [2.05, 4.69) is 27.4 Å². The lowest BCUT2D eigenvalue weighted by Gasteiger charge is -2.46. The second-order valence-corrected chi connectivity index (χ2v) is 6.75. The minimum atomic E-state index is 0.531. The third-order valence-electron chi connectivity index (χ3n) is 5.85. The topological polar surface area (TPSA) is 0 Å². The molecule has 3 aliphatic carbocycles. The van der Waals surface area contributed by atoms with Crippen LogP contribution in [0.3, 0.4) is 0 Å². The standard InChI is InChI=1S/C14H22/c1-9-10-5-6-11-12(10)13(2,3)7-8-14(9,11)4/h10-12H,1,5-8H2,2-4H3/t10-,11?,12-,14+/m0/s1. The van der Waals surface area contributed by atoms with Crippen molar-refractivity contribution < 1.29 is 0 Å². The Bertz CT molecular complexity index is 299. The lowest BCUT2D eigenvalue weighted by atomic mass is 9.59. The van der Waals surface area contributed by atoms with Crippen LogP contribution in [-0.4, -0.2) is 0 Å². The van der Waals surface area contributed by atoms with E-state index in [0.29, 0.717) is 10.8 Å².